The van der Waals surface area contributed by atoms with Gasteiger partial charge in [-0.3, -0.25) is 4.79 Å². The van der Waals surface area contributed by atoms with Crippen molar-refractivity contribution in [3.05, 3.63) is 24.3 Å². The van der Waals surface area contributed by atoms with Crippen LogP contribution in [-0.2, 0) is 9.53 Å². The van der Waals surface area contributed by atoms with Crippen molar-refractivity contribution in [2.45, 2.75) is 31.8 Å². The molecule has 5 nitrogen and oxygen atoms in total. The molecule has 1 aliphatic rings. The maximum Gasteiger partial charge on any atom is 0.224 e. The van der Waals surface area contributed by atoms with E-state index in [-0.39, 0.29) is 5.91 Å². The molecule has 0 aliphatic carbocycles. The van der Waals surface area contributed by atoms with E-state index in [1.807, 2.05) is 18.2 Å². The van der Waals surface area contributed by atoms with E-state index in [2.05, 4.69) is 17.3 Å². The van der Waals surface area contributed by atoms with Crippen molar-refractivity contribution >= 4 is 17.3 Å². The number of hydrogen-bond donors (Lipinski definition) is 2. The van der Waals surface area contributed by atoms with Gasteiger partial charge in [0.05, 0.1) is 17.5 Å². The van der Waals surface area contributed by atoms with E-state index < -0.39 is 0 Å². The third kappa shape index (κ3) is 5.36. The van der Waals surface area contributed by atoms with E-state index in [1.165, 1.54) is 6.42 Å². The quantitative estimate of drug-likeness (QED) is 0.755. The molecule has 0 aromatic heterocycles. The first-order valence-electron chi connectivity index (χ1n) is 7.59. The summed E-state index contributed by atoms with van der Waals surface area (Å²) in [7, 11) is 2.08. The van der Waals surface area contributed by atoms with Crippen LogP contribution in [0.15, 0.2) is 24.3 Å². The van der Waals surface area contributed by atoms with Crippen molar-refractivity contribution in [1.82, 2.24) is 4.90 Å². The van der Waals surface area contributed by atoms with E-state index in [0.717, 1.165) is 32.5 Å². The topological polar surface area (TPSA) is 67.6 Å². The fraction of sp³-hybridized carbons (Fsp3) is 0.562. The number of nitrogen functional groups attached to an aromatic ring is 1. The summed E-state index contributed by atoms with van der Waals surface area (Å²) in [6.45, 7) is 2.74. The zero-order valence-electron chi connectivity index (χ0n) is 12.7. The second kappa shape index (κ2) is 8.00. The highest BCUT2D eigenvalue weighted by Crippen LogP contribution is 2.17. The molecule has 0 radical (unpaired) electrons. The van der Waals surface area contributed by atoms with Crippen molar-refractivity contribution < 1.29 is 9.53 Å². The highest BCUT2D eigenvalue weighted by Gasteiger charge is 2.17. The number of nitrogens with zero attached hydrogens (tertiary/aromatic N) is 1. The van der Waals surface area contributed by atoms with Crippen molar-refractivity contribution in [3.8, 4) is 0 Å². The Morgan fingerprint density at radius 3 is 3.00 bits per heavy atom. The third-order valence-electron chi connectivity index (χ3n) is 3.72. The van der Waals surface area contributed by atoms with Crippen LogP contribution in [0.5, 0.6) is 0 Å². The van der Waals surface area contributed by atoms with E-state index >= 15 is 0 Å². The highest BCUT2D eigenvalue weighted by atomic mass is 16.5. The van der Waals surface area contributed by atoms with E-state index in [4.69, 9.17) is 10.5 Å². The number of likely N-dealkylation sites (N-methyl/N-ethyl adjacent to an activating group) is 1. The fourth-order valence-corrected chi connectivity index (χ4v) is 2.56. The number of anilines is 2. The molecule has 1 aromatic rings. The van der Waals surface area contributed by atoms with Crippen LogP contribution in [0.4, 0.5) is 11.4 Å². The number of hydrogen-bond acceptors (Lipinski definition) is 4. The van der Waals surface area contributed by atoms with Crippen LogP contribution in [0, 0.1) is 0 Å². The number of amides is 1. The summed E-state index contributed by atoms with van der Waals surface area (Å²) in [6.07, 6.45) is 4.02. The number of nitrogens with two attached hydrogens (primary N) is 1. The summed E-state index contributed by atoms with van der Waals surface area (Å²) in [6, 6.07) is 7.31. The Bertz CT molecular complexity index is 459. The number of ether oxygens (including phenoxy) is 1. The van der Waals surface area contributed by atoms with Gasteiger partial charge in [-0.2, -0.15) is 0 Å². The van der Waals surface area contributed by atoms with Crippen molar-refractivity contribution in [2.24, 2.45) is 0 Å². The lowest BCUT2D eigenvalue weighted by molar-refractivity contribution is -0.116. The Hall–Kier alpha value is -1.59. The summed E-state index contributed by atoms with van der Waals surface area (Å²) in [4.78, 5) is 14.1. The van der Waals surface area contributed by atoms with Crippen LogP contribution in [0.2, 0.25) is 0 Å². The van der Waals surface area contributed by atoms with E-state index in [1.54, 1.807) is 6.07 Å². The molecule has 1 atom stereocenters. The van der Waals surface area contributed by atoms with Gasteiger partial charge < -0.3 is 20.7 Å². The number of rotatable bonds is 7. The molecular weight excluding hydrogens is 266 g/mol. The Kier molecular flexibility index (Phi) is 6.02. The number of carbonyl (C=O) groups is 1. The molecule has 1 heterocycles. The molecule has 1 fully saturated rings. The van der Waals surface area contributed by atoms with E-state index in [0.29, 0.717) is 23.9 Å². The molecule has 0 spiro atoms. The lowest BCUT2D eigenvalue weighted by Crippen LogP contribution is -2.30. The van der Waals surface area contributed by atoms with Crippen LogP contribution in [0.3, 0.4) is 0 Å². The second-order valence-electron chi connectivity index (χ2n) is 5.64. The molecule has 3 N–H and O–H groups in total. The Morgan fingerprint density at radius 1 is 1.48 bits per heavy atom. The second-order valence-corrected chi connectivity index (χ2v) is 5.64. The SMILES string of the molecule is CN(CCCC(=O)Nc1ccccc1N)CC1CCCO1. The summed E-state index contributed by atoms with van der Waals surface area (Å²) >= 11 is 0. The molecule has 1 saturated heterocycles. The summed E-state index contributed by atoms with van der Waals surface area (Å²) < 4.78 is 5.61. The molecule has 0 bridgehead atoms. The van der Waals surface area contributed by atoms with Gasteiger partial charge in [-0.05, 0) is 45.0 Å². The first-order chi connectivity index (χ1) is 10.1. The smallest absolute Gasteiger partial charge is 0.224 e. The third-order valence-corrected chi connectivity index (χ3v) is 3.72. The minimum Gasteiger partial charge on any atom is -0.397 e. The van der Waals surface area contributed by atoms with Gasteiger partial charge in [0, 0.05) is 19.6 Å². The molecular formula is C16H25N3O2. The van der Waals surface area contributed by atoms with Crippen LogP contribution in [0.1, 0.15) is 25.7 Å². The van der Waals surface area contributed by atoms with Gasteiger partial charge in [0.2, 0.25) is 5.91 Å². The fourth-order valence-electron chi connectivity index (χ4n) is 2.56. The van der Waals surface area contributed by atoms with Gasteiger partial charge in [-0.1, -0.05) is 12.1 Å². The van der Waals surface area contributed by atoms with Gasteiger partial charge >= 0.3 is 0 Å². The molecule has 1 unspecified atom stereocenters. The first kappa shape index (κ1) is 15.8. The summed E-state index contributed by atoms with van der Waals surface area (Å²) in [5.41, 5.74) is 7.09. The minimum atomic E-state index is 0.0124. The molecule has 1 aliphatic heterocycles. The number of para-hydroxylation sites is 2. The van der Waals surface area contributed by atoms with Crippen LogP contribution in [-0.4, -0.2) is 43.7 Å². The summed E-state index contributed by atoms with van der Waals surface area (Å²) in [5.74, 6) is 0.0124. The Labute approximate surface area is 126 Å². The monoisotopic (exact) mass is 291 g/mol. The minimum absolute atomic E-state index is 0.0124. The zero-order valence-corrected chi connectivity index (χ0v) is 12.7. The average Bonchev–Trinajstić information content (AvgIpc) is 2.94. The molecule has 116 valence electrons. The van der Waals surface area contributed by atoms with E-state index in [9.17, 15) is 4.79 Å². The molecule has 0 saturated carbocycles. The van der Waals surface area contributed by atoms with Crippen LogP contribution >= 0.6 is 0 Å². The molecule has 5 heteroatoms. The van der Waals surface area contributed by atoms with Gasteiger partial charge in [0.1, 0.15) is 0 Å². The first-order valence-corrected chi connectivity index (χ1v) is 7.59. The van der Waals surface area contributed by atoms with Gasteiger partial charge in [0.15, 0.2) is 0 Å². The standard InChI is InChI=1S/C16H25N3O2/c1-19(12-13-6-5-11-21-13)10-4-9-16(20)18-15-8-3-2-7-14(15)17/h2-3,7-8,13H,4-6,9-12,17H2,1H3,(H,18,20). The average molecular weight is 291 g/mol. The van der Waals surface area contributed by atoms with Crippen molar-refractivity contribution in [2.75, 3.05) is 37.8 Å². The lowest BCUT2D eigenvalue weighted by atomic mass is 10.2. The van der Waals surface area contributed by atoms with Gasteiger partial charge in [0.25, 0.3) is 0 Å². The van der Waals surface area contributed by atoms with Crippen LogP contribution < -0.4 is 11.1 Å². The number of carbonyl (C=O) groups excluding carboxylic acids is 1. The normalized spacial score (nSPS) is 18.1. The Balaban J connectivity index is 1.63. The van der Waals surface area contributed by atoms with Crippen LogP contribution in [0.25, 0.3) is 0 Å². The Morgan fingerprint density at radius 2 is 2.29 bits per heavy atom. The van der Waals surface area contributed by atoms with Crippen molar-refractivity contribution in [1.29, 1.82) is 0 Å². The molecule has 2 rings (SSSR count). The molecule has 1 amide bonds. The largest absolute Gasteiger partial charge is 0.397 e. The maximum absolute atomic E-state index is 11.9. The number of benzene rings is 1. The maximum atomic E-state index is 11.9. The van der Waals surface area contributed by atoms with Crippen molar-refractivity contribution in [3.63, 3.8) is 0 Å². The highest BCUT2D eigenvalue weighted by molar-refractivity contribution is 5.93. The lowest BCUT2D eigenvalue weighted by Gasteiger charge is -2.20. The number of nitrogens with one attached hydrogen (secondary N) is 1. The van der Waals surface area contributed by atoms with Gasteiger partial charge in [-0.25, -0.2) is 0 Å². The molecule has 1 aromatic carbocycles. The molecule has 21 heavy (non-hydrogen) atoms. The zero-order chi connectivity index (χ0) is 15.1. The predicted octanol–water partition coefficient (Wildman–Crippen LogP) is 2.10. The summed E-state index contributed by atoms with van der Waals surface area (Å²) in [5, 5.41) is 2.85. The predicted molar refractivity (Wildman–Crippen MR) is 85.2 cm³/mol. The van der Waals surface area contributed by atoms with Gasteiger partial charge in [-0.15, -0.1) is 0 Å².